The Balaban J connectivity index is 2.14. The van der Waals surface area contributed by atoms with Gasteiger partial charge in [-0.15, -0.1) is 11.3 Å². The van der Waals surface area contributed by atoms with Crippen molar-refractivity contribution < 1.29 is 0 Å². The number of nitrogens with one attached hydrogen (secondary N) is 1. The molecule has 1 aliphatic carbocycles. The molecule has 0 radical (unpaired) electrons. The van der Waals surface area contributed by atoms with Crippen LogP contribution in [0.2, 0.25) is 0 Å². The SMILES string of the molecule is CCCNC(c1nc(C)c(C)s1)C1CCCC(C)C1. The van der Waals surface area contributed by atoms with Crippen LogP contribution in [0.15, 0.2) is 0 Å². The summed E-state index contributed by atoms with van der Waals surface area (Å²) in [6, 6.07) is 0.486. The average molecular weight is 280 g/mol. The summed E-state index contributed by atoms with van der Waals surface area (Å²) < 4.78 is 0. The van der Waals surface area contributed by atoms with Crippen molar-refractivity contribution in [2.45, 2.75) is 65.8 Å². The van der Waals surface area contributed by atoms with E-state index in [2.05, 4.69) is 33.0 Å². The second-order valence-electron chi connectivity index (χ2n) is 6.16. The standard InChI is InChI=1S/C16H28N2S/c1-5-9-17-15(14-8-6-7-11(2)10-14)16-18-12(3)13(4)19-16/h11,14-15,17H,5-10H2,1-4H3. The van der Waals surface area contributed by atoms with Crippen LogP contribution in [-0.2, 0) is 0 Å². The van der Waals surface area contributed by atoms with Crippen molar-refractivity contribution in [3.05, 3.63) is 15.6 Å². The molecule has 19 heavy (non-hydrogen) atoms. The smallest absolute Gasteiger partial charge is 0.110 e. The van der Waals surface area contributed by atoms with E-state index in [-0.39, 0.29) is 0 Å². The second kappa shape index (κ2) is 6.85. The maximum absolute atomic E-state index is 4.82. The van der Waals surface area contributed by atoms with E-state index < -0.39 is 0 Å². The molecule has 3 atom stereocenters. The van der Waals surface area contributed by atoms with Crippen LogP contribution in [0.4, 0.5) is 0 Å². The van der Waals surface area contributed by atoms with Gasteiger partial charge in [0.05, 0.1) is 11.7 Å². The fourth-order valence-electron chi connectivity index (χ4n) is 3.17. The average Bonchev–Trinajstić information content (AvgIpc) is 2.70. The van der Waals surface area contributed by atoms with Gasteiger partial charge in [-0.2, -0.15) is 0 Å². The number of nitrogens with zero attached hydrogens (tertiary/aromatic N) is 1. The lowest BCUT2D eigenvalue weighted by Gasteiger charge is -2.33. The lowest BCUT2D eigenvalue weighted by atomic mass is 9.78. The number of aromatic nitrogens is 1. The number of hydrogen-bond donors (Lipinski definition) is 1. The van der Waals surface area contributed by atoms with Crippen molar-refractivity contribution in [3.8, 4) is 0 Å². The maximum Gasteiger partial charge on any atom is 0.110 e. The van der Waals surface area contributed by atoms with E-state index in [1.807, 2.05) is 11.3 Å². The van der Waals surface area contributed by atoms with Crippen molar-refractivity contribution in [1.82, 2.24) is 10.3 Å². The summed E-state index contributed by atoms with van der Waals surface area (Å²) in [6.45, 7) is 10.1. The highest BCUT2D eigenvalue weighted by molar-refractivity contribution is 7.11. The Kier molecular flexibility index (Phi) is 5.40. The second-order valence-corrected chi connectivity index (χ2v) is 7.39. The van der Waals surface area contributed by atoms with Crippen LogP contribution in [0, 0.1) is 25.7 Å². The minimum Gasteiger partial charge on any atom is -0.308 e. The van der Waals surface area contributed by atoms with Crippen LogP contribution < -0.4 is 5.32 Å². The summed E-state index contributed by atoms with van der Waals surface area (Å²) in [7, 11) is 0. The number of thiazole rings is 1. The zero-order chi connectivity index (χ0) is 13.8. The van der Waals surface area contributed by atoms with Gasteiger partial charge < -0.3 is 5.32 Å². The summed E-state index contributed by atoms with van der Waals surface area (Å²) in [5.74, 6) is 1.66. The highest BCUT2D eigenvalue weighted by atomic mass is 32.1. The van der Waals surface area contributed by atoms with Crippen LogP contribution in [0.5, 0.6) is 0 Å². The monoisotopic (exact) mass is 280 g/mol. The first-order chi connectivity index (χ1) is 9.11. The predicted octanol–water partition coefficient (Wildman–Crippen LogP) is 4.63. The zero-order valence-electron chi connectivity index (χ0n) is 12.8. The molecule has 1 heterocycles. The zero-order valence-corrected chi connectivity index (χ0v) is 13.6. The van der Waals surface area contributed by atoms with E-state index in [1.165, 1.54) is 47.7 Å². The van der Waals surface area contributed by atoms with Gasteiger partial charge in [0, 0.05) is 4.88 Å². The maximum atomic E-state index is 4.82. The largest absolute Gasteiger partial charge is 0.308 e. The summed E-state index contributed by atoms with van der Waals surface area (Å²) >= 11 is 1.89. The molecule has 0 aromatic carbocycles. The third kappa shape index (κ3) is 3.79. The molecule has 1 aromatic rings. The first kappa shape index (κ1) is 15.0. The Morgan fingerprint density at radius 1 is 1.37 bits per heavy atom. The van der Waals surface area contributed by atoms with Crippen LogP contribution in [0.1, 0.15) is 67.6 Å². The minimum atomic E-state index is 0.486. The van der Waals surface area contributed by atoms with Crippen LogP contribution in [0.3, 0.4) is 0 Å². The first-order valence-corrected chi connectivity index (χ1v) is 8.60. The molecule has 108 valence electrons. The van der Waals surface area contributed by atoms with Crippen LogP contribution in [-0.4, -0.2) is 11.5 Å². The number of aryl methyl sites for hydroxylation is 2. The van der Waals surface area contributed by atoms with Crippen molar-refractivity contribution in [3.63, 3.8) is 0 Å². The number of rotatable bonds is 5. The third-order valence-electron chi connectivity index (χ3n) is 4.37. The molecule has 0 spiro atoms. The van der Waals surface area contributed by atoms with Gasteiger partial charge in [-0.1, -0.05) is 26.7 Å². The third-order valence-corrected chi connectivity index (χ3v) is 5.53. The predicted molar refractivity (Wildman–Crippen MR) is 83.7 cm³/mol. The first-order valence-electron chi connectivity index (χ1n) is 7.79. The van der Waals surface area contributed by atoms with Crippen molar-refractivity contribution in [2.24, 2.45) is 11.8 Å². The topological polar surface area (TPSA) is 24.9 Å². The summed E-state index contributed by atoms with van der Waals surface area (Å²) in [4.78, 5) is 6.20. The van der Waals surface area contributed by atoms with Gasteiger partial charge in [0.15, 0.2) is 0 Å². The molecule has 0 bridgehead atoms. The molecule has 1 aromatic heterocycles. The van der Waals surface area contributed by atoms with E-state index in [4.69, 9.17) is 4.98 Å². The Morgan fingerprint density at radius 3 is 2.74 bits per heavy atom. The molecule has 2 nitrogen and oxygen atoms in total. The van der Waals surface area contributed by atoms with Crippen LogP contribution >= 0.6 is 11.3 Å². The molecule has 0 aliphatic heterocycles. The van der Waals surface area contributed by atoms with Gasteiger partial charge in [-0.05, 0) is 51.5 Å². The Morgan fingerprint density at radius 2 is 2.16 bits per heavy atom. The molecule has 1 saturated carbocycles. The summed E-state index contributed by atoms with van der Waals surface area (Å²) in [5.41, 5.74) is 1.21. The lowest BCUT2D eigenvalue weighted by Crippen LogP contribution is -2.31. The van der Waals surface area contributed by atoms with E-state index in [1.54, 1.807) is 0 Å². The highest BCUT2D eigenvalue weighted by Crippen LogP contribution is 2.38. The van der Waals surface area contributed by atoms with Gasteiger partial charge in [0.1, 0.15) is 5.01 Å². The molecule has 3 heteroatoms. The van der Waals surface area contributed by atoms with E-state index in [0.29, 0.717) is 6.04 Å². The molecule has 1 N–H and O–H groups in total. The molecule has 1 aliphatic rings. The van der Waals surface area contributed by atoms with Gasteiger partial charge in [0.25, 0.3) is 0 Å². The molecule has 0 amide bonds. The fourth-order valence-corrected chi connectivity index (χ4v) is 4.26. The normalized spacial score (nSPS) is 25.5. The Bertz CT molecular complexity index is 380. The quantitative estimate of drug-likeness (QED) is 0.851. The minimum absolute atomic E-state index is 0.486. The van der Waals surface area contributed by atoms with Gasteiger partial charge in [0.2, 0.25) is 0 Å². The fraction of sp³-hybridized carbons (Fsp3) is 0.812. The van der Waals surface area contributed by atoms with Gasteiger partial charge >= 0.3 is 0 Å². The molecule has 1 fully saturated rings. The van der Waals surface area contributed by atoms with Crippen LogP contribution in [0.25, 0.3) is 0 Å². The Hall–Kier alpha value is -0.410. The van der Waals surface area contributed by atoms with E-state index in [9.17, 15) is 0 Å². The van der Waals surface area contributed by atoms with E-state index in [0.717, 1.165) is 18.4 Å². The molecular weight excluding hydrogens is 252 g/mol. The number of hydrogen-bond acceptors (Lipinski definition) is 3. The van der Waals surface area contributed by atoms with E-state index >= 15 is 0 Å². The summed E-state index contributed by atoms with van der Waals surface area (Å²) in [6.07, 6.45) is 6.72. The molecule has 3 unspecified atom stereocenters. The molecule has 2 rings (SSSR count). The lowest BCUT2D eigenvalue weighted by molar-refractivity contribution is 0.223. The summed E-state index contributed by atoms with van der Waals surface area (Å²) in [5, 5.41) is 5.09. The van der Waals surface area contributed by atoms with Crippen molar-refractivity contribution in [2.75, 3.05) is 6.54 Å². The molecule has 0 saturated heterocycles. The molecular formula is C16H28N2S. The van der Waals surface area contributed by atoms with Gasteiger partial charge in [-0.25, -0.2) is 4.98 Å². The van der Waals surface area contributed by atoms with Crippen molar-refractivity contribution >= 4 is 11.3 Å². The highest BCUT2D eigenvalue weighted by Gasteiger charge is 2.29. The Labute approximate surface area is 122 Å². The van der Waals surface area contributed by atoms with Crippen molar-refractivity contribution in [1.29, 1.82) is 0 Å². The van der Waals surface area contributed by atoms with Gasteiger partial charge in [-0.3, -0.25) is 0 Å².